The summed E-state index contributed by atoms with van der Waals surface area (Å²) in [5.41, 5.74) is 5.43. The van der Waals surface area contributed by atoms with Gasteiger partial charge >= 0.3 is 0 Å². The second-order valence-electron chi connectivity index (χ2n) is 4.66. The molecule has 0 amide bonds. The number of nitrogens with one attached hydrogen (secondary N) is 1. The van der Waals surface area contributed by atoms with E-state index in [0.717, 1.165) is 22.9 Å². The highest BCUT2D eigenvalue weighted by molar-refractivity contribution is 7.89. The number of hydrogen-bond acceptors (Lipinski definition) is 3. The summed E-state index contributed by atoms with van der Waals surface area (Å²) in [6.07, 6.45) is 1.87. The lowest BCUT2D eigenvalue weighted by Crippen LogP contribution is -2.50. The summed E-state index contributed by atoms with van der Waals surface area (Å²) in [6.45, 7) is 0.214. The highest BCUT2D eigenvalue weighted by Gasteiger charge is 2.35. The van der Waals surface area contributed by atoms with E-state index < -0.39 is 27.7 Å². The van der Waals surface area contributed by atoms with Crippen LogP contribution in [0, 0.1) is 17.0 Å². The third kappa shape index (κ3) is 2.66. The number of halogens is 2. The molecule has 3 N–H and O–H groups in total. The van der Waals surface area contributed by atoms with Crippen LogP contribution < -0.4 is 5.73 Å². The maximum atomic E-state index is 13.2. The minimum atomic E-state index is -3.99. The zero-order chi connectivity index (χ0) is 14.9. The fraction of sp³-hybridized carbons (Fsp3) is 0.417. The Bertz CT molecular complexity index is 634. The smallest absolute Gasteiger partial charge is 0.243 e. The van der Waals surface area contributed by atoms with E-state index in [4.69, 9.17) is 11.1 Å². The van der Waals surface area contributed by atoms with Gasteiger partial charge in [-0.05, 0) is 31.0 Å². The van der Waals surface area contributed by atoms with Crippen LogP contribution in [0.15, 0.2) is 23.1 Å². The van der Waals surface area contributed by atoms with Crippen molar-refractivity contribution in [3.05, 3.63) is 29.8 Å². The van der Waals surface area contributed by atoms with Gasteiger partial charge in [0.15, 0.2) is 11.6 Å². The lowest BCUT2D eigenvalue weighted by Gasteiger charge is -2.33. The van der Waals surface area contributed by atoms with Gasteiger partial charge in [-0.1, -0.05) is 6.42 Å². The molecule has 0 saturated carbocycles. The van der Waals surface area contributed by atoms with E-state index in [9.17, 15) is 17.2 Å². The molecule has 2 rings (SSSR count). The summed E-state index contributed by atoms with van der Waals surface area (Å²) in [6, 6.07) is 1.71. The summed E-state index contributed by atoms with van der Waals surface area (Å²) in [4.78, 5) is -0.329. The summed E-state index contributed by atoms with van der Waals surface area (Å²) in [5.74, 6) is -2.57. The summed E-state index contributed by atoms with van der Waals surface area (Å²) < 4.78 is 52.1. The van der Waals surface area contributed by atoms with E-state index in [2.05, 4.69) is 0 Å². The van der Waals surface area contributed by atoms with Crippen molar-refractivity contribution < 1.29 is 17.2 Å². The van der Waals surface area contributed by atoms with Crippen LogP contribution in [-0.2, 0) is 10.0 Å². The van der Waals surface area contributed by atoms with Gasteiger partial charge in [-0.15, -0.1) is 0 Å². The molecular formula is C12H15F2N3O2S. The highest BCUT2D eigenvalue weighted by Crippen LogP contribution is 2.26. The summed E-state index contributed by atoms with van der Waals surface area (Å²) >= 11 is 0. The van der Waals surface area contributed by atoms with Gasteiger partial charge < -0.3 is 5.73 Å². The molecule has 1 aromatic rings. The van der Waals surface area contributed by atoms with Gasteiger partial charge in [-0.25, -0.2) is 17.2 Å². The summed E-state index contributed by atoms with van der Waals surface area (Å²) in [7, 11) is -3.99. The molecule has 8 heteroatoms. The normalized spacial score (nSPS) is 20.8. The fourth-order valence-electron chi connectivity index (χ4n) is 2.28. The van der Waals surface area contributed by atoms with E-state index in [1.807, 2.05) is 0 Å². The Kier molecular flexibility index (Phi) is 4.05. The van der Waals surface area contributed by atoms with Gasteiger partial charge in [0.2, 0.25) is 10.0 Å². The molecule has 5 nitrogen and oxygen atoms in total. The van der Waals surface area contributed by atoms with Crippen molar-refractivity contribution in [2.75, 3.05) is 6.54 Å². The van der Waals surface area contributed by atoms with Crippen LogP contribution in [0.2, 0.25) is 0 Å². The van der Waals surface area contributed by atoms with Crippen molar-refractivity contribution in [1.29, 1.82) is 5.41 Å². The molecule has 1 aromatic carbocycles. The standard InChI is InChI=1S/C12H15F2N3O2S/c13-9-5-4-8(7-10(9)14)20(18,19)17-6-2-1-3-11(17)12(15)16/h4-5,7,11H,1-3,6H2,(H3,15,16). The van der Waals surface area contributed by atoms with Crippen molar-refractivity contribution >= 4 is 15.9 Å². The highest BCUT2D eigenvalue weighted by atomic mass is 32.2. The molecule has 1 aliphatic rings. The zero-order valence-corrected chi connectivity index (χ0v) is 11.5. The average molecular weight is 303 g/mol. The Hall–Kier alpha value is -1.54. The number of nitrogens with two attached hydrogens (primary N) is 1. The van der Waals surface area contributed by atoms with Crippen LogP contribution in [0.25, 0.3) is 0 Å². The predicted molar refractivity (Wildman–Crippen MR) is 69.8 cm³/mol. The van der Waals surface area contributed by atoms with Gasteiger partial charge in [0.25, 0.3) is 0 Å². The molecule has 0 aromatic heterocycles. The van der Waals surface area contributed by atoms with Gasteiger partial charge in [0.1, 0.15) is 5.84 Å². The SMILES string of the molecule is N=C(N)C1CCCCN1S(=O)(=O)c1ccc(F)c(F)c1. The molecule has 1 saturated heterocycles. The molecule has 0 bridgehead atoms. The first-order valence-electron chi connectivity index (χ1n) is 6.15. The molecule has 1 fully saturated rings. The van der Waals surface area contributed by atoms with Crippen LogP contribution in [0.4, 0.5) is 8.78 Å². The summed E-state index contributed by atoms with van der Waals surface area (Å²) in [5, 5.41) is 7.48. The number of piperidine rings is 1. The molecule has 20 heavy (non-hydrogen) atoms. The molecule has 0 spiro atoms. The molecule has 1 aliphatic heterocycles. The van der Waals surface area contributed by atoms with Crippen molar-refractivity contribution in [1.82, 2.24) is 4.31 Å². The molecule has 0 aliphatic carbocycles. The average Bonchev–Trinajstić information content (AvgIpc) is 2.41. The van der Waals surface area contributed by atoms with Crippen LogP contribution in [0.5, 0.6) is 0 Å². The maximum Gasteiger partial charge on any atom is 0.243 e. The first-order valence-corrected chi connectivity index (χ1v) is 7.59. The molecule has 1 atom stereocenters. The van der Waals surface area contributed by atoms with Gasteiger partial charge in [-0.3, -0.25) is 5.41 Å². The Morgan fingerprint density at radius 2 is 2.00 bits per heavy atom. The van der Waals surface area contributed by atoms with E-state index in [-0.39, 0.29) is 17.3 Å². The number of hydrogen-bond donors (Lipinski definition) is 2. The number of sulfonamides is 1. The van der Waals surface area contributed by atoms with Crippen LogP contribution in [0.1, 0.15) is 19.3 Å². The second kappa shape index (κ2) is 5.45. The first-order chi connectivity index (χ1) is 9.34. The van der Waals surface area contributed by atoms with Gasteiger partial charge in [-0.2, -0.15) is 4.31 Å². The van der Waals surface area contributed by atoms with Crippen LogP contribution in [0.3, 0.4) is 0 Å². The van der Waals surface area contributed by atoms with E-state index in [1.165, 1.54) is 0 Å². The van der Waals surface area contributed by atoms with Crippen molar-refractivity contribution in [2.45, 2.75) is 30.2 Å². The minimum Gasteiger partial charge on any atom is -0.386 e. The van der Waals surface area contributed by atoms with Crippen LogP contribution in [-0.4, -0.2) is 31.1 Å². The van der Waals surface area contributed by atoms with E-state index in [1.54, 1.807) is 0 Å². The Labute approximate surface area is 115 Å². The fourth-order valence-corrected chi connectivity index (χ4v) is 3.96. The number of nitrogens with zero attached hydrogens (tertiary/aromatic N) is 1. The Morgan fingerprint density at radius 1 is 1.30 bits per heavy atom. The maximum absolute atomic E-state index is 13.2. The Balaban J connectivity index is 2.42. The van der Waals surface area contributed by atoms with Crippen molar-refractivity contribution in [3.63, 3.8) is 0 Å². The predicted octanol–water partition coefficient (Wildman–Crippen LogP) is 1.44. The minimum absolute atomic E-state index is 0.214. The third-order valence-electron chi connectivity index (χ3n) is 3.31. The Morgan fingerprint density at radius 3 is 2.60 bits per heavy atom. The number of benzene rings is 1. The number of rotatable bonds is 3. The molecule has 1 unspecified atom stereocenters. The number of amidine groups is 1. The molecule has 0 radical (unpaired) electrons. The van der Waals surface area contributed by atoms with E-state index >= 15 is 0 Å². The van der Waals surface area contributed by atoms with Gasteiger partial charge in [0, 0.05) is 6.54 Å². The lowest BCUT2D eigenvalue weighted by molar-refractivity contribution is 0.303. The van der Waals surface area contributed by atoms with Crippen molar-refractivity contribution in [3.8, 4) is 0 Å². The van der Waals surface area contributed by atoms with Crippen LogP contribution >= 0.6 is 0 Å². The zero-order valence-electron chi connectivity index (χ0n) is 10.6. The van der Waals surface area contributed by atoms with E-state index in [0.29, 0.717) is 18.9 Å². The third-order valence-corrected chi connectivity index (χ3v) is 5.21. The van der Waals surface area contributed by atoms with Gasteiger partial charge in [0.05, 0.1) is 10.9 Å². The first kappa shape index (κ1) is 14.9. The topological polar surface area (TPSA) is 87.2 Å². The second-order valence-corrected chi connectivity index (χ2v) is 6.55. The largest absolute Gasteiger partial charge is 0.386 e. The van der Waals surface area contributed by atoms with Crippen molar-refractivity contribution in [2.24, 2.45) is 5.73 Å². The molecule has 1 heterocycles. The molecular weight excluding hydrogens is 288 g/mol. The molecule has 110 valence electrons. The monoisotopic (exact) mass is 303 g/mol. The quantitative estimate of drug-likeness (QED) is 0.654. The lowest BCUT2D eigenvalue weighted by atomic mass is 10.0.